The summed E-state index contributed by atoms with van der Waals surface area (Å²) in [4.78, 5) is 11.4. The quantitative estimate of drug-likeness (QED) is 0.860. The minimum atomic E-state index is 0.0220. The number of aromatic nitrogens is 2. The molecule has 1 heterocycles. The van der Waals surface area contributed by atoms with Crippen LogP contribution in [0.5, 0.6) is 0 Å². The highest BCUT2D eigenvalue weighted by Crippen LogP contribution is 2.20. The van der Waals surface area contributed by atoms with Crippen LogP contribution in [-0.2, 0) is 4.79 Å². The second-order valence-electron chi connectivity index (χ2n) is 4.49. The second-order valence-corrected chi connectivity index (χ2v) is 4.85. The van der Waals surface area contributed by atoms with E-state index in [1.807, 2.05) is 27.7 Å². The van der Waals surface area contributed by atoms with Crippen LogP contribution in [0.4, 0.5) is 5.82 Å². The molecule has 0 bridgehead atoms. The number of nitrogens with zero attached hydrogens (tertiary/aromatic N) is 2. The van der Waals surface area contributed by atoms with Gasteiger partial charge < -0.3 is 10.6 Å². The fraction of sp³-hybridized carbons (Fsp3) is 0.583. The first-order chi connectivity index (χ1) is 8.41. The first-order valence-electron chi connectivity index (χ1n) is 5.94. The summed E-state index contributed by atoms with van der Waals surface area (Å²) < 4.78 is 0. The zero-order valence-corrected chi connectivity index (χ0v) is 11.9. The number of halogens is 1. The fourth-order valence-corrected chi connectivity index (χ4v) is 1.61. The van der Waals surface area contributed by atoms with Crippen molar-refractivity contribution in [2.45, 2.75) is 40.2 Å². The van der Waals surface area contributed by atoms with Gasteiger partial charge >= 0.3 is 0 Å². The van der Waals surface area contributed by atoms with Crippen LogP contribution in [0.1, 0.15) is 31.4 Å². The Hall–Kier alpha value is -1.36. The fourth-order valence-electron chi connectivity index (χ4n) is 1.43. The van der Waals surface area contributed by atoms with Crippen molar-refractivity contribution in [1.29, 1.82) is 0 Å². The van der Waals surface area contributed by atoms with E-state index < -0.39 is 0 Å². The number of amides is 1. The summed E-state index contributed by atoms with van der Waals surface area (Å²) in [5.41, 5.74) is 1.86. The summed E-state index contributed by atoms with van der Waals surface area (Å²) in [5.74, 6) is 0.697. The average molecular weight is 271 g/mol. The SMILES string of the molecule is Cc1c(Cl)nnc(NCCC(=O)NC(C)C)c1C. The molecule has 2 N–H and O–H groups in total. The molecule has 0 aromatic carbocycles. The van der Waals surface area contributed by atoms with Gasteiger partial charge in [0.2, 0.25) is 5.91 Å². The van der Waals surface area contributed by atoms with E-state index in [0.29, 0.717) is 23.9 Å². The minimum absolute atomic E-state index is 0.0220. The van der Waals surface area contributed by atoms with Crippen LogP contribution in [0, 0.1) is 13.8 Å². The maximum absolute atomic E-state index is 11.4. The van der Waals surface area contributed by atoms with E-state index in [9.17, 15) is 4.79 Å². The molecule has 0 radical (unpaired) electrons. The number of rotatable bonds is 5. The Bertz CT molecular complexity index is 434. The van der Waals surface area contributed by atoms with Gasteiger partial charge in [0.05, 0.1) is 0 Å². The van der Waals surface area contributed by atoms with Gasteiger partial charge in [0.1, 0.15) is 0 Å². The number of anilines is 1. The van der Waals surface area contributed by atoms with Gasteiger partial charge in [0, 0.05) is 19.0 Å². The third-order valence-corrected chi connectivity index (χ3v) is 2.92. The molecule has 6 heteroatoms. The molecule has 0 unspecified atom stereocenters. The number of carbonyl (C=O) groups excluding carboxylic acids is 1. The third-order valence-electron chi connectivity index (χ3n) is 2.56. The van der Waals surface area contributed by atoms with E-state index in [2.05, 4.69) is 20.8 Å². The van der Waals surface area contributed by atoms with Crippen molar-refractivity contribution in [3.05, 3.63) is 16.3 Å². The van der Waals surface area contributed by atoms with E-state index in [4.69, 9.17) is 11.6 Å². The Morgan fingerprint density at radius 1 is 1.28 bits per heavy atom. The maximum atomic E-state index is 11.4. The molecule has 1 aromatic rings. The summed E-state index contributed by atoms with van der Waals surface area (Å²) in [6.07, 6.45) is 0.404. The summed E-state index contributed by atoms with van der Waals surface area (Å²) in [6, 6.07) is 0.164. The lowest BCUT2D eigenvalue weighted by Gasteiger charge is -2.11. The van der Waals surface area contributed by atoms with E-state index in [-0.39, 0.29) is 11.9 Å². The van der Waals surface area contributed by atoms with Gasteiger partial charge in [-0.2, -0.15) is 0 Å². The topological polar surface area (TPSA) is 66.9 Å². The molecule has 0 fully saturated rings. The zero-order chi connectivity index (χ0) is 13.7. The number of carbonyl (C=O) groups is 1. The van der Waals surface area contributed by atoms with E-state index in [1.54, 1.807) is 0 Å². The zero-order valence-electron chi connectivity index (χ0n) is 11.2. The molecule has 1 amide bonds. The van der Waals surface area contributed by atoms with Crippen LogP contribution in [0.2, 0.25) is 5.15 Å². The van der Waals surface area contributed by atoms with Gasteiger partial charge in [-0.05, 0) is 38.8 Å². The van der Waals surface area contributed by atoms with Crippen molar-refractivity contribution in [1.82, 2.24) is 15.5 Å². The largest absolute Gasteiger partial charge is 0.368 e. The Balaban J connectivity index is 2.50. The van der Waals surface area contributed by atoms with Gasteiger partial charge in [0.15, 0.2) is 11.0 Å². The lowest BCUT2D eigenvalue weighted by Crippen LogP contribution is -2.31. The molecule has 1 aromatic heterocycles. The third kappa shape index (κ3) is 4.14. The molecule has 0 aliphatic rings. The summed E-state index contributed by atoms with van der Waals surface area (Å²) >= 11 is 5.86. The molecule has 0 atom stereocenters. The van der Waals surface area contributed by atoms with Crippen molar-refractivity contribution >= 4 is 23.3 Å². The van der Waals surface area contributed by atoms with Crippen molar-refractivity contribution in [2.75, 3.05) is 11.9 Å². The lowest BCUT2D eigenvalue weighted by molar-refractivity contribution is -0.121. The van der Waals surface area contributed by atoms with Crippen LogP contribution >= 0.6 is 11.6 Å². The van der Waals surface area contributed by atoms with E-state index >= 15 is 0 Å². The Labute approximate surface area is 112 Å². The van der Waals surface area contributed by atoms with Gasteiger partial charge in [0.25, 0.3) is 0 Å². The molecule has 0 aliphatic carbocycles. The van der Waals surface area contributed by atoms with Crippen molar-refractivity contribution in [3.63, 3.8) is 0 Å². The van der Waals surface area contributed by atoms with Crippen LogP contribution in [0.3, 0.4) is 0 Å². The summed E-state index contributed by atoms with van der Waals surface area (Å²) in [7, 11) is 0. The maximum Gasteiger partial charge on any atom is 0.221 e. The first kappa shape index (κ1) is 14.7. The molecular weight excluding hydrogens is 252 g/mol. The Morgan fingerprint density at radius 3 is 2.56 bits per heavy atom. The predicted octanol–water partition coefficient (Wildman–Crippen LogP) is 2.07. The molecular formula is C12H19ClN4O. The highest BCUT2D eigenvalue weighted by atomic mass is 35.5. The summed E-state index contributed by atoms with van der Waals surface area (Å²) in [6.45, 7) is 8.21. The minimum Gasteiger partial charge on any atom is -0.368 e. The smallest absolute Gasteiger partial charge is 0.221 e. The molecule has 18 heavy (non-hydrogen) atoms. The van der Waals surface area contributed by atoms with E-state index in [1.165, 1.54) is 0 Å². The monoisotopic (exact) mass is 270 g/mol. The normalized spacial score (nSPS) is 10.6. The van der Waals surface area contributed by atoms with Crippen LogP contribution in [0.25, 0.3) is 0 Å². The van der Waals surface area contributed by atoms with Gasteiger partial charge in [-0.1, -0.05) is 11.6 Å². The van der Waals surface area contributed by atoms with Crippen LogP contribution in [0.15, 0.2) is 0 Å². The second kappa shape index (κ2) is 6.54. The highest BCUT2D eigenvalue weighted by Gasteiger charge is 2.08. The van der Waals surface area contributed by atoms with Gasteiger partial charge in [-0.15, -0.1) is 10.2 Å². The molecule has 0 saturated carbocycles. The van der Waals surface area contributed by atoms with Crippen molar-refractivity contribution < 1.29 is 4.79 Å². The molecule has 1 rings (SSSR count). The van der Waals surface area contributed by atoms with Gasteiger partial charge in [-0.25, -0.2) is 0 Å². The molecule has 0 aliphatic heterocycles. The predicted molar refractivity (Wildman–Crippen MR) is 72.9 cm³/mol. The number of hydrogen-bond donors (Lipinski definition) is 2. The van der Waals surface area contributed by atoms with Crippen LogP contribution < -0.4 is 10.6 Å². The molecule has 0 saturated heterocycles. The van der Waals surface area contributed by atoms with Crippen molar-refractivity contribution in [3.8, 4) is 0 Å². The lowest BCUT2D eigenvalue weighted by atomic mass is 10.2. The summed E-state index contributed by atoms with van der Waals surface area (Å²) in [5, 5.41) is 14.1. The Kier molecular flexibility index (Phi) is 5.34. The van der Waals surface area contributed by atoms with Crippen molar-refractivity contribution in [2.24, 2.45) is 0 Å². The van der Waals surface area contributed by atoms with E-state index in [0.717, 1.165) is 11.1 Å². The molecule has 100 valence electrons. The number of hydrogen-bond acceptors (Lipinski definition) is 4. The molecule has 0 spiro atoms. The number of nitrogens with one attached hydrogen (secondary N) is 2. The Morgan fingerprint density at radius 2 is 1.94 bits per heavy atom. The average Bonchev–Trinajstić information content (AvgIpc) is 2.28. The van der Waals surface area contributed by atoms with Gasteiger partial charge in [-0.3, -0.25) is 4.79 Å². The standard InChI is InChI=1S/C12H19ClN4O/c1-7(2)15-10(18)5-6-14-12-9(4)8(3)11(13)16-17-12/h7H,5-6H2,1-4H3,(H,14,17)(H,15,18). The molecule has 5 nitrogen and oxygen atoms in total. The van der Waals surface area contributed by atoms with Crippen LogP contribution in [-0.4, -0.2) is 28.7 Å². The highest BCUT2D eigenvalue weighted by molar-refractivity contribution is 6.30. The first-order valence-corrected chi connectivity index (χ1v) is 6.32.